The van der Waals surface area contributed by atoms with Crippen LogP contribution in [0.15, 0.2) is 0 Å². The molecule has 4 heteroatoms. The average Bonchev–Trinajstić information content (AvgIpc) is 2.19. The van der Waals surface area contributed by atoms with Crippen molar-refractivity contribution < 1.29 is 9.90 Å². The van der Waals surface area contributed by atoms with E-state index in [1.165, 1.54) is 24.2 Å². The Balaban J connectivity index is 3.67. The van der Waals surface area contributed by atoms with Crippen molar-refractivity contribution in [1.82, 2.24) is 4.90 Å². The summed E-state index contributed by atoms with van der Waals surface area (Å²) in [5.41, 5.74) is 5.12. The number of hydrogen-bond donors (Lipinski definition) is 2. The maximum atomic E-state index is 11.1. The monoisotopic (exact) mass is 244 g/mol. The van der Waals surface area contributed by atoms with Gasteiger partial charge in [-0.05, 0) is 40.2 Å². The number of nitrogens with two attached hydrogens (primary N) is 1. The third-order valence-corrected chi connectivity index (χ3v) is 2.88. The van der Waals surface area contributed by atoms with E-state index in [4.69, 9.17) is 10.8 Å². The molecule has 0 aromatic rings. The Morgan fingerprint density at radius 1 is 1.06 bits per heavy atom. The lowest BCUT2D eigenvalue weighted by molar-refractivity contribution is 0.0990. The van der Waals surface area contributed by atoms with Crippen molar-refractivity contribution in [2.45, 2.75) is 64.8 Å². The minimum atomic E-state index is -0.819. The largest absolute Gasteiger partial charge is 0.465 e. The summed E-state index contributed by atoms with van der Waals surface area (Å²) in [5.74, 6) is 0. The molecule has 0 aromatic heterocycles. The molecule has 0 unspecified atom stereocenters. The molecular weight excluding hydrogens is 216 g/mol. The fourth-order valence-corrected chi connectivity index (χ4v) is 1.84. The molecule has 0 radical (unpaired) electrons. The summed E-state index contributed by atoms with van der Waals surface area (Å²) in [4.78, 5) is 12.6. The Hall–Kier alpha value is -0.770. The Bertz CT molecular complexity index is 212. The van der Waals surface area contributed by atoms with Crippen LogP contribution in [0.25, 0.3) is 0 Å². The average molecular weight is 244 g/mol. The lowest BCUT2D eigenvalue weighted by Crippen LogP contribution is -2.45. The standard InChI is InChI=1S/C13H28N2O2/c1-13(2,3)15(12(16)17)11-9-7-5-4-6-8-10-14/h4-11,14H2,1-3H3,(H,16,17). The number of nitrogens with zero attached hydrogens (tertiary/aromatic N) is 1. The van der Waals surface area contributed by atoms with Gasteiger partial charge in [0.25, 0.3) is 0 Å². The molecule has 1 amide bonds. The third kappa shape index (κ3) is 8.02. The number of carbonyl (C=O) groups is 1. The molecule has 17 heavy (non-hydrogen) atoms. The highest BCUT2D eigenvalue weighted by Crippen LogP contribution is 2.15. The predicted molar refractivity (Wildman–Crippen MR) is 71.2 cm³/mol. The molecular formula is C13H28N2O2. The Labute approximate surface area is 105 Å². The molecule has 0 atom stereocenters. The van der Waals surface area contributed by atoms with E-state index in [0.717, 1.165) is 25.8 Å². The van der Waals surface area contributed by atoms with Crippen LogP contribution >= 0.6 is 0 Å². The van der Waals surface area contributed by atoms with Crippen molar-refractivity contribution in [3.8, 4) is 0 Å². The van der Waals surface area contributed by atoms with Gasteiger partial charge < -0.3 is 15.7 Å². The van der Waals surface area contributed by atoms with Crippen LogP contribution in [-0.2, 0) is 0 Å². The quantitative estimate of drug-likeness (QED) is 0.645. The van der Waals surface area contributed by atoms with E-state index in [1.807, 2.05) is 20.8 Å². The minimum absolute atomic E-state index is 0.300. The van der Waals surface area contributed by atoms with Gasteiger partial charge in [-0.2, -0.15) is 0 Å². The van der Waals surface area contributed by atoms with E-state index in [0.29, 0.717) is 6.54 Å². The fourth-order valence-electron chi connectivity index (χ4n) is 1.84. The third-order valence-electron chi connectivity index (χ3n) is 2.88. The maximum Gasteiger partial charge on any atom is 0.407 e. The second kappa shape index (κ2) is 8.34. The van der Waals surface area contributed by atoms with Gasteiger partial charge in [0.05, 0.1) is 0 Å². The van der Waals surface area contributed by atoms with Gasteiger partial charge >= 0.3 is 6.09 Å². The van der Waals surface area contributed by atoms with E-state index >= 15 is 0 Å². The molecule has 0 aliphatic rings. The van der Waals surface area contributed by atoms with Gasteiger partial charge in [0.2, 0.25) is 0 Å². The second-order valence-corrected chi connectivity index (χ2v) is 5.52. The zero-order valence-corrected chi connectivity index (χ0v) is 11.5. The van der Waals surface area contributed by atoms with Gasteiger partial charge in [0.15, 0.2) is 0 Å². The zero-order chi connectivity index (χ0) is 13.3. The normalized spacial score (nSPS) is 11.5. The summed E-state index contributed by atoms with van der Waals surface area (Å²) < 4.78 is 0. The zero-order valence-electron chi connectivity index (χ0n) is 11.5. The van der Waals surface area contributed by atoms with E-state index in [2.05, 4.69) is 0 Å². The SMILES string of the molecule is CC(C)(C)N(CCCCCCCCN)C(=O)O. The molecule has 0 spiro atoms. The number of hydrogen-bond acceptors (Lipinski definition) is 2. The van der Waals surface area contributed by atoms with Gasteiger partial charge in [0, 0.05) is 12.1 Å². The molecule has 0 saturated heterocycles. The van der Waals surface area contributed by atoms with Crippen LogP contribution in [0.1, 0.15) is 59.3 Å². The van der Waals surface area contributed by atoms with Crippen molar-refractivity contribution in [3.05, 3.63) is 0 Å². The Kier molecular flexibility index (Phi) is 7.96. The van der Waals surface area contributed by atoms with Gasteiger partial charge in [-0.1, -0.05) is 25.7 Å². The fraction of sp³-hybridized carbons (Fsp3) is 0.923. The first-order valence-corrected chi connectivity index (χ1v) is 6.60. The molecule has 0 bridgehead atoms. The molecule has 3 N–H and O–H groups in total. The first kappa shape index (κ1) is 16.2. The lowest BCUT2D eigenvalue weighted by Gasteiger charge is -2.33. The minimum Gasteiger partial charge on any atom is -0.465 e. The van der Waals surface area contributed by atoms with Crippen LogP contribution in [0.2, 0.25) is 0 Å². The highest BCUT2D eigenvalue weighted by molar-refractivity contribution is 5.65. The summed E-state index contributed by atoms with van der Waals surface area (Å²) in [6, 6.07) is 0. The predicted octanol–water partition coefficient (Wildman–Crippen LogP) is 3.06. The van der Waals surface area contributed by atoms with Crippen LogP contribution in [0.4, 0.5) is 4.79 Å². The molecule has 0 aliphatic carbocycles. The molecule has 0 aromatic carbocycles. The molecule has 4 nitrogen and oxygen atoms in total. The van der Waals surface area contributed by atoms with Crippen molar-refractivity contribution >= 4 is 6.09 Å². The summed E-state index contributed by atoms with van der Waals surface area (Å²) in [5, 5.41) is 9.09. The maximum absolute atomic E-state index is 11.1. The van der Waals surface area contributed by atoms with Crippen LogP contribution in [0, 0.1) is 0 Å². The topological polar surface area (TPSA) is 66.6 Å². The first-order chi connectivity index (χ1) is 7.89. The van der Waals surface area contributed by atoms with Crippen LogP contribution in [0.3, 0.4) is 0 Å². The summed E-state index contributed by atoms with van der Waals surface area (Å²) >= 11 is 0. The Morgan fingerprint density at radius 2 is 1.53 bits per heavy atom. The molecule has 0 rings (SSSR count). The van der Waals surface area contributed by atoms with Gasteiger partial charge in [-0.3, -0.25) is 0 Å². The molecule has 0 fully saturated rings. The van der Waals surface area contributed by atoms with Crippen LogP contribution in [-0.4, -0.2) is 34.7 Å². The van der Waals surface area contributed by atoms with Crippen molar-refractivity contribution in [2.24, 2.45) is 5.73 Å². The highest BCUT2D eigenvalue weighted by atomic mass is 16.4. The number of rotatable bonds is 8. The summed E-state index contributed by atoms with van der Waals surface area (Å²) in [6.45, 7) is 7.21. The van der Waals surface area contributed by atoms with E-state index in [1.54, 1.807) is 0 Å². The van der Waals surface area contributed by atoms with E-state index in [9.17, 15) is 4.79 Å². The first-order valence-electron chi connectivity index (χ1n) is 6.60. The smallest absolute Gasteiger partial charge is 0.407 e. The van der Waals surface area contributed by atoms with E-state index in [-0.39, 0.29) is 5.54 Å². The Morgan fingerprint density at radius 3 is 1.94 bits per heavy atom. The molecule has 0 aliphatic heterocycles. The number of unbranched alkanes of at least 4 members (excludes halogenated alkanes) is 5. The number of amides is 1. The van der Waals surface area contributed by atoms with Gasteiger partial charge in [-0.25, -0.2) is 4.79 Å². The van der Waals surface area contributed by atoms with Crippen molar-refractivity contribution in [2.75, 3.05) is 13.1 Å². The number of carboxylic acid groups (broad SMARTS) is 1. The molecule has 0 heterocycles. The van der Waals surface area contributed by atoms with Gasteiger partial charge in [-0.15, -0.1) is 0 Å². The second-order valence-electron chi connectivity index (χ2n) is 5.52. The van der Waals surface area contributed by atoms with E-state index < -0.39 is 6.09 Å². The molecule has 102 valence electrons. The van der Waals surface area contributed by atoms with Crippen LogP contribution in [0.5, 0.6) is 0 Å². The van der Waals surface area contributed by atoms with Crippen molar-refractivity contribution in [3.63, 3.8) is 0 Å². The van der Waals surface area contributed by atoms with Gasteiger partial charge in [0.1, 0.15) is 0 Å². The highest BCUT2D eigenvalue weighted by Gasteiger charge is 2.24. The summed E-state index contributed by atoms with van der Waals surface area (Å²) in [6.07, 6.45) is 5.91. The van der Waals surface area contributed by atoms with Crippen molar-refractivity contribution in [1.29, 1.82) is 0 Å². The van der Waals surface area contributed by atoms with Crippen LogP contribution < -0.4 is 5.73 Å². The molecule has 0 saturated carbocycles. The lowest BCUT2D eigenvalue weighted by atomic mass is 10.1. The summed E-state index contributed by atoms with van der Waals surface area (Å²) in [7, 11) is 0.